The van der Waals surface area contributed by atoms with Crippen molar-refractivity contribution >= 4 is 5.91 Å². The molecule has 13 heavy (non-hydrogen) atoms. The fourth-order valence-electron chi connectivity index (χ4n) is 1.92. The Morgan fingerprint density at radius 3 is 2.54 bits per heavy atom. The molecule has 4 heteroatoms. The Labute approximate surface area is 79.5 Å². The Kier molecular flexibility index (Phi) is 3.69. The van der Waals surface area contributed by atoms with Crippen LogP contribution in [0.5, 0.6) is 0 Å². The summed E-state index contributed by atoms with van der Waals surface area (Å²) in [6.45, 7) is 4.71. The van der Waals surface area contributed by atoms with Crippen LogP contribution in [-0.4, -0.2) is 38.1 Å². The lowest BCUT2D eigenvalue weighted by atomic mass is 9.87. The fraction of sp³-hybridized carbons (Fsp3) is 0.889. The molecule has 3 N–H and O–H groups in total. The number of piperidine rings is 1. The molecule has 1 saturated heterocycles. The van der Waals surface area contributed by atoms with Crippen LogP contribution in [0.4, 0.5) is 0 Å². The van der Waals surface area contributed by atoms with Gasteiger partial charge in [0, 0.05) is 7.05 Å². The van der Waals surface area contributed by atoms with Crippen LogP contribution in [0.1, 0.15) is 19.8 Å². The third kappa shape index (κ3) is 2.19. The first-order valence-electron chi connectivity index (χ1n) is 4.93. The summed E-state index contributed by atoms with van der Waals surface area (Å²) in [4.78, 5) is 11.7. The van der Waals surface area contributed by atoms with Gasteiger partial charge in [0.25, 0.3) is 0 Å². The third-order valence-corrected chi connectivity index (χ3v) is 2.63. The summed E-state index contributed by atoms with van der Waals surface area (Å²) in [6.07, 6.45) is 1.75. The van der Waals surface area contributed by atoms with E-state index in [1.165, 1.54) is 0 Å². The summed E-state index contributed by atoms with van der Waals surface area (Å²) in [6, 6.07) is 0. The van der Waals surface area contributed by atoms with E-state index in [2.05, 4.69) is 16.0 Å². The number of carbonyl (C=O) groups is 1. The van der Waals surface area contributed by atoms with Crippen LogP contribution in [0.2, 0.25) is 0 Å². The van der Waals surface area contributed by atoms with Gasteiger partial charge in [0.15, 0.2) is 0 Å². The number of hydrogen-bond donors (Lipinski definition) is 3. The molecule has 0 saturated carbocycles. The minimum Gasteiger partial charge on any atom is -0.358 e. The maximum atomic E-state index is 11.7. The summed E-state index contributed by atoms with van der Waals surface area (Å²) in [5.74, 6) is 0.121. The monoisotopic (exact) mass is 185 g/mol. The predicted octanol–water partition coefficient (Wildman–Crippen LogP) is -0.536. The molecule has 0 radical (unpaired) electrons. The van der Waals surface area contributed by atoms with Gasteiger partial charge < -0.3 is 16.0 Å². The first kappa shape index (κ1) is 10.5. The molecule has 1 aliphatic rings. The van der Waals surface area contributed by atoms with Gasteiger partial charge in [0.05, 0.1) is 0 Å². The molecule has 76 valence electrons. The molecule has 1 rings (SSSR count). The number of rotatable bonds is 3. The zero-order valence-electron chi connectivity index (χ0n) is 8.44. The van der Waals surface area contributed by atoms with Crippen molar-refractivity contribution in [3.63, 3.8) is 0 Å². The van der Waals surface area contributed by atoms with Crippen molar-refractivity contribution in [3.05, 3.63) is 0 Å². The molecule has 0 unspecified atom stereocenters. The minimum atomic E-state index is -0.325. The molecule has 4 nitrogen and oxygen atoms in total. The summed E-state index contributed by atoms with van der Waals surface area (Å²) >= 11 is 0. The molecule has 0 aliphatic carbocycles. The van der Waals surface area contributed by atoms with Crippen molar-refractivity contribution in [2.24, 2.45) is 0 Å². The van der Waals surface area contributed by atoms with E-state index in [-0.39, 0.29) is 11.4 Å². The highest BCUT2D eigenvalue weighted by atomic mass is 16.2. The van der Waals surface area contributed by atoms with Crippen molar-refractivity contribution in [2.45, 2.75) is 25.3 Å². The quantitative estimate of drug-likeness (QED) is 0.554. The summed E-state index contributed by atoms with van der Waals surface area (Å²) < 4.78 is 0. The van der Waals surface area contributed by atoms with Crippen molar-refractivity contribution in [1.82, 2.24) is 16.0 Å². The summed E-state index contributed by atoms with van der Waals surface area (Å²) in [5.41, 5.74) is -0.325. The van der Waals surface area contributed by atoms with Gasteiger partial charge in [-0.25, -0.2) is 0 Å². The lowest BCUT2D eigenvalue weighted by Crippen LogP contribution is -2.60. The van der Waals surface area contributed by atoms with Crippen LogP contribution in [0.3, 0.4) is 0 Å². The van der Waals surface area contributed by atoms with E-state index in [4.69, 9.17) is 0 Å². The van der Waals surface area contributed by atoms with E-state index in [1.807, 2.05) is 6.92 Å². The second-order valence-corrected chi connectivity index (χ2v) is 3.44. The topological polar surface area (TPSA) is 53.2 Å². The highest BCUT2D eigenvalue weighted by molar-refractivity contribution is 5.86. The van der Waals surface area contributed by atoms with Gasteiger partial charge in [0.2, 0.25) is 5.91 Å². The normalized spacial score (nSPS) is 21.1. The second kappa shape index (κ2) is 4.58. The number of carbonyl (C=O) groups excluding carboxylic acids is 1. The summed E-state index contributed by atoms with van der Waals surface area (Å²) in [5, 5.41) is 9.28. The van der Waals surface area contributed by atoms with E-state index in [1.54, 1.807) is 7.05 Å². The van der Waals surface area contributed by atoms with Crippen LogP contribution in [0.25, 0.3) is 0 Å². The van der Waals surface area contributed by atoms with Crippen LogP contribution in [-0.2, 0) is 4.79 Å². The number of amides is 1. The molecular weight excluding hydrogens is 166 g/mol. The molecule has 0 spiro atoms. The van der Waals surface area contributed by atoms with Gasteiger partial charge >= 0.3 is 0 Å². The Bertz CT molecular complexity index is 170. The predicted molar refractivity (Wildman–Crippen MR) is 52.6 cm³/mol. The smallest absolute Gasteiger partial charge is 0.240 e. The Balaban J connectivity index is 2.66. The molecule has 0 atom stereocenters. The summed E-state index contributed by atoms with van der Waals surface area (Å²) in [7, 11) is 1.70. The van der Waals surface area contributed by atoms with Crippen molar-refractivity contribution < 1.29 is 4.79 Å². The van der Waals surface area contributed by atoms with Gasteiger partial charge in [-0.15, -0.1) is 0 Å². The van der Waals surface area contributed by atoms with Crippen LogP contribution < -0.4 is 16.0 Å². The average molecular weight is 185 g/mol. The van der Waals surface area contributed by atoms with Crippen molar-refractivity contribution in [3.8, 4) is 0 Å². The van der Waals surface area contributed by atoms with Gasteiger partial charge in [-0.3, -0.25) is 4.79 Å². The number of nitrogens with one attached hydrogen (secondary N) is 3. The van der Waals surface area contributed by atoms with E-state index in [0.717, 1.165) is 32.5 Å². The Morgan fingerprint density at radius 2 is 2.08 bits per heavy atom. The Hall–Kier alpha value is -0.610. The average Bonchev–Trinajstić information content (AvgIpc) is 2.18. The molecule has 0 bridgehead atoms. The molecule has 1 heterocycles. The molecule has 1 fully saturated rings. The standard InChI is InChI=1S/C9H19N3O/c1-3-12-9(8(13)10-2)4-6-11-7-5-9/h11-12H,3-7H2,1-2H3,(H,10,13). The second-order valence-electron chi connectivity index (χ2n) is 3.44. The third-order valence-electron chi connectivity index (χ3n) is 2.63. The number of hydrogen-bond acceptors (Lipinski definition) is 3. The molecule has 0 aromatic rings. The van der Waals surface area contributed by atoms with Gasteiger partial charge in [-0.05, 0) is 32.5 Å². The minimum absolute atomic E-state index is 0.121. The highest BCUT2D eigenvalue weighted by Gasteiger charge is 2.37. The first-order chi connectivity index (χ1) is 6.25. The van der Waals surface area contributed by atoms with E-state index < -0.39 is 0 Å². The van der Waals surface area contributed by atoms with Gasteiger partial charge in [0.1, 0.15) is 5.54 Å². The van der Waals surface area contributed by atoms with Crippen LogP contribution in [0.15, 0.2) is 0 Å². The van der Waals surface area contributed by atoms with Crippen LogP contribution >= 0.6 is 0 Å². The first-order valence-corrected chi connectivity index (χ1v) is 4.93. The fourth-order valence-corrected chi connectivity index (χ4v) is 1.92. The Morgan fingerprint density at radius 1 is 1.46 bits per heavy atom. The lowest BCUT2D eigenvalue weighted by molar-refractivity contribution is -0.128. The maximum absolute atomic E-state index is 11.7. The SMILES string of the molecule is CCNC1(C(=O)NC)CCNCC1. The molecule has 1 amide bonds. The molecular formula is C9H19N3O. The lowest BCUT2D eigenvalue weighted by Gasteiger charge is -2.36. The van der Waals surface area contributed by atoms with Gasteiger partial charge in [-0.2, -0.15) is 0 Å². The molecule has 0 aromatic heterocycles. The van der Waals surface area contributed by atoms with Crippen molar-refractivity contribution in [1.29, 1.82) is 0 Å². The highest BCUT2D eigenvalue weighted by Crippen LogP contribution is 2.17. The molecule has 1 aliphatic heterocycles. The van der Waals surface area contributed by atoms with E-state index in [0.29, 0.717) is 0 Å². The molecule has 0 aromatic carbocycles. The largest absolute Gasteiger partial charge is 0.358 e. The zero-order valence-corrected chi connectivity index (χ0v) is 8.44. The van der Waals surface area contributed by atoms with Crippen molar-refractivity contribution in [2.75, 3.05) is 26.7 Å². The van der Waals surface area contributed by atoms with E-state index >= 15 is 0 Å². The maximum Gasteiger partial charge on any atom is 0.240 e. The van der Waals surface area contributed by atoms with Crippen LogP contribution in [0, 0.1) is 0 Å². The van der Waals surface area contributed by atoms with Gasteiger partial charge in [-0.1, -0.05) is 6.92 Å². The zero-order chi connectivity index (χ0) is 9.73. The van der Waals surface area contributed by atoms with E-state index in [9.17, 15) is 4.79 Å². The number of likely N-dealkylation sites (N-methyl/N-ethyl adjacent to an activating group) is 2.